The summed E-state index contributed by atoms with van der Waals surface area (Å²) in [5.74, 6) is 0.0310. The summed E-state index contributed by atoms with van der Waals surface area (Å²) in [6.45, 7) is 7.48. The predicted molar refractivity (Wildman–Crippen MR) is 109 cm³/mol. The number of hydrogen-bond donors (Lipinski definition) is 3. The standard InChI is InChI=1S/C21H34N4O2/c1-15(2)12-19(21(27)23-10-5-9-22-3)24-20(26)17-7-6-16-8-11-25(4)14-18(16)13-17/h6-7,13,15,19,22H,5,8-12,14H2,1-4H3,(H,23,27)(H,24,26). The zero-order chi connectivity index (χ0) is 19.8. The monoisotopic (exact) mass is 374 g/mol. The molecule has 3 N–H and O–H groups in total. The maximum Gasteiger partial charge on any atom is 0.251 e. The van der Waals surface area contributed by atoms with Gasteiger partial charge in [0.25, 0.3) is 5.91 Å². The Labute approximate surface area is 163 Å². The summed E-state index contributed by atoms with van der Waals surface area (Å²) in [6.07, 6.45) is 2.50. The van der Waals surface area contributed by atoms with Gasteiger partial charge in [-0.15, -0.1) is 0 Å². The maximum absolute atomic E-state index is 12.8. The fraction of sp³-hybridized carbons (Fsp3) is 0.619. The third kappa shape index (κ3) is 6.63. The van der Waals surface area contributed by atoms with E-state index >= 15 is 0 Å². The molecular weight excluding hydrogens is 340 g/mol. The van der Waals surface area contributed by atoms with Crippen LogP contribution in [0.2, 0.25) is 0 Å². The molecule has 1 heterocycles. The van der Waals surface area contributed by atoms with E-state index < -0.39 is 6.04 Å². The molecule has 0 bridgehead atoms. The molecule has 0 spiro atoms. The molecule has 0 fully saturated rings. The largest absolute Gasteiger partial charge is 0.354 e. The van der Waals surface area contributed by atoms with Crippen molar-refractivity contribution in [3.63, 3.8) is 0 Å². The molecule has 0 saturated carbocycles. The molecule has 2 amide bonds. The van der Waals surface area contributed by atoms with Crippen LogP contribution < -0.4 is 16.0 Å². The minimum absolute atomic E-state index is 0.106. The minimum atomic E-state index is -0.509. The molecule has 0 aliphatic carbocycles. The van der Waals surface area contributed by atoms with Gasteiger partial charge in [0.2, 0.25) is 5.91 Å². The van der Waals surface area contributed by atoms with Crippen LogP contribution in [0.25, 0.3) is 0 Å². The lowest BCUT2D eigenvalue weighted by Crippen LogP contribution is -2.47. The van der Waals surface area contributed by atoms with Crippen molar-refractivity contribution in [1.29, 1.82) is 0 Å². The van der Waals surface area contributed by atoms with Crippen molar-refractivity contribution in [1.82, 2.24) is 20.9 Å². The molecule has 6 heteroatoms. The van der Waals surface area contributed by atoms with Crippen molar-refractivity contribution in [3.8, 4) is 0 Å². The van der Waals surface area contributed by atoms with Gasteiger partial charge < -0.3 is 20.9 Å². The molecular formula is C21H34N4O2. The maximum atomic E-state index is 12.8. The van der Waals surface area contributed by atoms with Crippen molar-refractivity contribution in [2.45, 2.75) is 45.7 Å². The zero-order valence-corrected chi connectivity index (χ0v) is 17.1. The number of carbonyl (C=O) groups excluding carboxylic acids is 2. The summed E-state index contributed by atoms with van der Waals surface area (Å²) in [5, 5.41) is 8.94. The van der Waals surface area contributed by atoms with Crippen molar-refractivity contribution in [3.05, 3.63) is 34.9 Å². The molecule has 1 aromatic rings. The van der Waals surface area contributed by atoms with Crippen LogP contribution in [0.1, 0.15) is 48.2 Å². The highest BCUT2D eigenvalue weighted by Crippen LogP contribution is 2.19. The van der Waals surface area contributed by atoms with Crippen molar-refractivity contribution in [2.75, 3.05) is 33.7 Å². The predicted octanol–water partition coefficient (Wildman–Crippen LogP) is 1.54. The molecule has 1 aliphatic rings. The molecule has 1 aliphatic heterocycles. The highest BCUT2D eigenvalue weighted by atomic mass is 16.2. The third-order valence-corrected chi connectivity index (χ3v) is 4.90. The van der Waals surface area contributed by atoms with Crippen molar-refractivity contribution < 1.29 is 9.59 Å². The lowest BCUT2D eigenvalue weighted by atomic mass is 9.97. The Hall–Kier alpha value is -1.92. The average molecular weight is 375 g/mol. The molecule has 1 atom stereocenters. The number of nitrogens with one attached hydrogen (secondary N) is 3. The van der Waals surface area contributed by atoms with Crippen LogP contribution in [0.15, 0.2) is 18.2 Å². The van der Waals surface area contributed by atoms with E-state index in [0.29, 0.717) is 24.4 Å². The summed E-state index contributed by atoms with van der Waals surface area (Å²) in [4.78, 5) is 27.6. The lowest BCUT2D eigenvalue weighted by molar-refractivity contribution is -0.123. The first kappa shape index (κ1) is 21.4. The van der Waals surface area contributed by atoms with Gasteiger partial charge in [-0.3, -0.25) is 9.59 Å². The number of carbonyl (C=O) groups is 2. The van der Waals surface area contributed by atoms with Gasteiger partial charge >= 0.3 is 0 Å². The molecule has 1 aromatic carbocycles. The number of benzene rings is 1. The second-order valence-corrected chi connectivity index (χ2v) is 7.88. The number of likely N-dealkylation sites (N-methyl/N-ethyl adjacent to an activating group) is 1. The Morgan fingerprint density at radius 1 is 1.19 bits per heavy atom. The van der Waals surface area contributed by atoms with Crippen LogP contribution in [0, 0.1) is 5.92 Å². The molecule has 0 aromatic heterocycles. The number of nitrogens with zero attached hydrogens (tertiary/aromatic N) is 1. The lowest BCUT2D eigenvalue weighted by Gasteiger charge is -2.25. The minimum Gasteiger partial charge on any atom is -0.354 e. The zero-order valence-electron chi connectivity index (χ0n) is 17.1. The van der Waals surface area contributed by atoms with E-state index in [1.54, 1.807) is 0 Å². The molecule has 27 heavy (non-hydrogen) atoms. The Kier molecular flexibility index (Phi) is 8.25. The van der Waals surface area contributed by atoms with Gasteiger partial charge in [-0.2, -0.15) is 0 Å². The fourth-order valence-electron chi connectivity index (χ4n) is 3.38. The number of rotatable bonds is 9. The Morgan fingerprint density at radius 3 is 2.67 bits per heavy atom. The molecule has 150 valence electrons. The summed E-state index contributed by atoms with van der Waals surface area (Å²) >= 11 is 0. The molecule has 1 unspecified atom stereocenters. The first-order valence-electron chi connectivity index (χ1n) is 9.94. The highest BCUT2D eigenvalue weighted by molar-refractivity contribution is 5.97. The van der Waals surface area contributed by atoms with Crippen LogP contribution in [-0.2, 0) is 17.8 Å². The van der Waals surface area contributed by atoms with Crippen LogP contribution in [0.4, 0.5) is 0 Å². The average Bonchev–Trinajstić information content (AvgIpc) is 2.63. The molecule has 6 nitrogen and oxygen atoms in total. The van der Waals surface area contributed by atoms with E-state index in [2.05, 4.69) is 41.7 Å². The van der Waals surface area contributed by atoms with E-state index in [0.717, 1.165) is 32.5 Å². The smallest absolute Gasteiger partial charge is 0.251 e. The summed E-state index contributed by atoms with van der Waals surface area (Å²) < 4.78 is 0. The van der Waals surface area contributed by atoms with E-state index in [4.69, 9.17) is 0 Å². The summed E-state index contributed by atoms with van der Waals surface area (Å²) in [6, 6.07) is 5.38. The summed E-state index contributed by atoms with van der Waals surface area (Å²) in [7, 11) is 3.98. The fourth-order valence-corrected chi connectivity index (χ4v) is 3.38. The topological polar surface area (TPSA) is 73.5 Å². The second-order valence-electron chi connectivity index (χ2n) is 7.88. The van der Waals surface area contributed by atoms with E-state index in [9.17, 15) is 9.59 Å². The van der Waals surface area contributed by atoms with Gasteiger partial charge in [0, 0.05) is 25.2 Å². The van der Waals surface area contributed by atoms with Crippen LogP contribution >= 0.6 is 0 Å². The SMILES string of the molecule is CNCCCNC(=O)C(CC(C)C)NC(=O)c1ccc2c(c1)CN(C)CC2. The Balaban J connectivity index is 2.02. The van der Waals surface area contributed by atoms with E-state index in [-0.39, 0.29) is 11.8 Å². The van der Waals surface area contributed by atoms with Crippen molar-refractivity contribution in [2.24, 2.45) is 5.92 Å². The third-order valence-electron chi connectivity index (χ3n) is 4.90. The van der Waals surface area contributed by atoms with Crippen LogP contribution in [-0.4, -0.2) is 56.5 Å². The van der Waals surface area contributed by atoms with Gasteiger partial charge in [0.15, 0.2) is 0 Å². The first-order valence-corrected chi connectivity index (χ1v) is 9.94. The van der Waals surface area contributed by atoms with Gasteiger partial charge in [-0.05, 0) is 69.1 Å². The van der Waals surface area contributed by atoms with Gasteiger partial charge in [0.05, 0.1) is 0 Å². The Morgan fingerprint density at radius 2 is 1.96 bits per heavy atom. The van der Waals surface area contributed by atoms with Gasteiger partial charge in [-0.1, -0.05) is 19.9 Å². The summed E-state index contributed by atoms with van der Waals surface area (Å²) in [5.41, 5.74) is 3.14. The number of hydrogen-bond acceptors (Lipinski definition) is 4. The highest BCUT2D eigenvalue weighted by Gasteiger charge is 2.23. The van der Waals surface area contributed by atoms with Gasteiger partial charge in [0.1, 0.15) is 6.04 Å². The second kappa shape index (κ2) is 10.4. The number of fused-ring (bicyclic) bond motifs is 1. The van der Waals surface area contributed by atoms with E-state index in [1.165, 1.54) is 11.1 Å². The van der Waals surface area contributed by atoms with Crippen LogP contribution in [0.3, 0.4) is 0 Å². The Bertz CT molecular complexity index is 645. The first-order chi connectivity index (χ1) is 12.9. The molecule has 0 saturated heterocycles. The molecule has 2 rings (SSSR count). The van der Waals surface area contributed by atoms with Gasteiger partial charge in [-0.25, -0.2) is 0 Å². The normalized spacial score (nSPS) is 15.3. The quantitative estimate of drug-likeness (QED) is 0.574. The van der Waals surface area contributed by atoms with Crippen LogP contribution in [0.5, 0.6) is 0 Å². The van der Waals surface area contributed by atoms with E-state index in [1.807, 2.05) is 25.2 Å². The molecule has 0 radical (unpaired) electrons. The number of amides is 2. The van der Waals surface area contributed by atoms with Crippen molar-refractivity contribution >= 4 is 11.8 Å².